The van der Waals surface area contributed by atoms with Crippen LogP contribution in [-0.4, -0.2) is 37.9 Å². The van der Waals surface area contributed by atoms with E-state index in [9.17, 15) is 9.59 Å². The average molecular weight is 467 g/mol. The van der Waals surface area contributed by atoms with Gasteiger partial charge in [0.05, 0.1) is 12.7 Å². The molecule has 0 bridgehead atoms. The molecule has 0 saturated heterocycles. The van der Waals surface area contributed by atoms with Crippen molar-refractivity contribution in [2.45, 2.75) is 18.7 Å². The van der Waals surface area contributed by atoms with Gasteiger partial charge >= 0.3 is 5.97 Å². The Labute approximate surface area is 196 Å². The van der Waals surface area contributed by atoms with Crippen molar-refractivity contribution in [3.63, 3.8) is 0 Å². The first kappa shape index (κ1) is 22.5. The van der Waals surface area contributed by atoms with Crippen molar-refractivity contribution >= 4 is 29.2 Å². The molecule has 3 aromatic rings. The lowest BCUT2D eigenvalue weighted by Gasteiger charge is -2.27. The zero-order valence-electron chi connectivity index (χ0n) is 17.9. The lowest BCUT2D eigenvalue weighted by Crippen LogP contribution is -2.48. The lowest BCUT2D eigenvalue weighted by atomic mass is 10.1. The summed E-state index contributed by atoms with van der Waals surface area (Å²) in [5, 5.41) is 6.57. The first-order valence-corrected chi connectivity index (χ1v) is 10.8. The summed E-state index contributed by atoms with van der Waals surface area (Å²) >= 11 is 5.96. The van der Waals surface area contributed by atoms with Gasteiger partial charge in [-0.3, -0.25) is 4.79 Å². The Balaban J connectivity index is 1.34. The zero-order valence-corrected chi connectivity index (χ0v) is 18.7. The van der Waals surface area contributed by atoms with E-state index in [1.54, 1.807) is 30.3 Å². The third kappa shape index (κ3) is 5.75. The number of esters is 1. The topological polar surface area (TPSA) is 85.9 Å². The van der Waals surface area contributed by atoms with Crippen LogP contribution in [0.1, 0.15) is 15.9 Å². The molecule has 1 aliphatic heterocycles. The van der Waals surface area contributed by atoms with Gasteiger partial charge in [0, 0.05) is 17.1 Å². The van der Waals surface area contributed by atoms with Crippen molar-refractivity contribution in [3.8, 4) is 11.5 Å². The Morgan fingerprint density at radius 2 is 1.76 bits per heavy atom. The molecule has 1 aliphatic rings. The van der Waals surface area contributed by atoms with Gasteiger partial charge in [-0.2, -0.15) is 0 Å². The number of hydrogen-bond donors (Lipinski definition) is 2. The SMILES string of the molecule is COC(=O)C(Cc1ccc(OCC2NC(=O)c3cc(Cl)ccc3N2)cc1)Oc1ccccc1. The van der Waals surface area contributed by atoms with Gasteiger partial charge in [0.2, 0.25) is 0 Å². The minimum Gasteiger partial charge on any atom is -0.489 e. The van der Waals surface area contributed by atoms with Crippen LogP contribution >= 0.6 is 11.6 Å². The van der Waals surface area contributed by atoms with Gasteiger partial charge < -0.3 is 24.8 Å². The average Bonchev–Trinajstić information content (AvgIpc) is 2.84. The van der Waals surface area contributed by atoms with Crippen LogP contribution in [0.2, 0.25) is 5.02 Å². The number of ether oxygens (including phenoxy) is 3. The molecule has 8 heteroatoms. The first-order chi connectivity index (χ1) is 16.0. The fourth-order valence-electron chi connectivity index (χ4n) is 3.46. The molecule has 7 nitrogen and oxygen atoms in total. The van der Waals surface area contributed by atoms with E-state index >= 15 is 0 Å². The highest BCUT2D eigenvalue weighted by Gasteiger charge is 2.24. The molecule has 33 heavy (non-hydrogen) atoms. The molecule has 4 rings (SSSR count). The van der Waals surface area contributed by atoms with E-state index in [1.807, 2.05) is 42.5 Å². The monoisotopic (exact) mass is 466 g/mol. The third-order valence-corrected chi connectivity index (χ3v) is 5.34. The van der Waals surface area contributed by atoms with Gasteiger partial charge in [-0.05, 0) is 48.0 Å². The van der Waals surface area contributed by atoms with Gasteiger partial charge in [0.25, 0.3) is 5.91 Å². The zero-order chi connectivity index (χ0) is 23.2. The largest absolute Gasteiger partial charge is 0.489 e. The van der Waals surface area contributed by atoms with E-state index in [-0.39, 0.29) is 18.7 Å². The predicted molar refractivity (Wildman–Crippen MR) is 125 cm³/mol. The summed E-state index contributed by atoms with van der Waals surface area (Å²) in [5.74, 6) is 0.580. The van der Waals surface area contributed by atoms with Crippen molar-refractivity contribution in [2.75, 3.05) is 19.0 Å². The highest BCUT2D eigenvalue weighted by Crippen LogP contribution is 2.24. The maximum atomic E-state index is 12.3. The van der Waals surface area contributed by atoms with Gasteiger partial charge in [0.1, 0.15) is 24.3 Å². The molecule has 0 fully saturated rings. The van der Waals surface area contributed by atoms with Gasteiger partial charge in [-0.15, -0.1) is 0 Å². The molecular formula is C25H23ClN2O5. The van der Waals surface area contributed by atoms with E-state index in [0.29, 0.717) is 34.2 Å². The maximum Gasteiger partial charge on any atom is 0.347 e. The summed E-state index contributed by atoms with van der Waals surface area (Å²) < 4.78 is 16.5. The van der Waals surface area contributed by atoms with Crippen LogP contribution in [0.3, 0.4) is 0 Å². The van der Waals surface area contributed by atoms with E-state index in [4.69, 9.17) is 25.8 Å². The van der Waals surface area contributed by atoms with Crippen molar-refractivity contribution in [3.05, 3.63) is 88.9 Å². The van der Waals surface area contributed by atoms with Crippen LogP contribution in [0.25, 0.3) is 0 Å². The molecule has 170 valence electrons. The molecule has 1 amide bonds. The minimum atomic E-state index is -0.764. The quantitative estimate of drug-likeness (QED) is 0.487. The number of benzene rings is 3. The lowest BCUT2D eigenvalue weighted by molar-refractivity contribution is -0.148. The second-order valence-electron chi connectivity index (χ2n) is 7.46. The van der Waals surface area contributed by atoms with Crippen LogP contribution in [0, 0.1) is 0 Å². The molecule has 3 aromatic carbocycles. The van der Waals surface area contributed by atoms with Crippen molar-refractivity contribution in [2.24, 2.45) is 0 Å². The molecule has 2 unspecified atom stereocenters. The second kappa shape index (κ2) is 10.3. The Kier molecular flexibility index (Phi) is 7.00. The molecule has 0 spiro atoms. The molecule has 0 aliphatic carbocycles. The predicted octanol–water partition coefficient (Wildman–Crippen LogP) is 4.06. The standard InChI is InChI=1S/C25H23ClN2O5/c1-31-25(30)22(33-19-5-3-2-4-6-19)13-16-7-10-18(11-8-16)32-15-23-27-21-12-9-17(26)14-20(21)24(29)28-23/h2-12,14,22-23,27H,13,15H2,1H3,(H,28,29). The number of carbonyl (C=O) groups excluding carboxylic acids is 2. The van der Waals surface area contributed by atoms with Crippen molar-refractivity contribution in [1.29, 1.82) is 0 Å². The number of carbonyl (C=O) groups is 2. The summed E-state index contributed by atoms with van der Waals surface area (Å²) in [7, 11) is 1.34. The molecule has 1 heterocycles. The van der Waals surface area contributed by atoms with E-state index in [2.05, 4.69) is 10.6 Å². The number of halogens is 1. The van der Waals surface area contributed by atoms with E-state index in [1.165, 1.54) is 7.11 Å². The highest BCUT2D eigenvalue weighted by molar-refractivity contribution is 6.31. The Hall–Kier alpha value is -3.71. The third-order valence-electron chi connectivity index (χ3n) is 5.11. The Bertz CT molecular complexity index is 1120. The molecule has 0 aromatic heterocycles. The van der Waals surface area contributed by atoms with Crippen molar-refractivity contribution < 1.29 is 23.8 Å². The van der Waals surface area contributed by atoms with Crippen LogP contribution < -0.4 is 20.1 Å². The normalized spacial score (nSPS) is 15.5. The van der Waals surface area contributed by atoms with Gasteiger partial charge in [-0.1, -0.05) is 41.9 Å². The minimum absolute atomic E-state index is 0.206. The first-order valence-electron chi connectivity index (χ1n) is 10.4. The summed E-state index contributed by atoms with van der Waals surface area (Å²) in [4.78, 5) is 24.5. The molecule has 0 saturated carbocycles. The Morgan fingerprint density at radius 1 is 1.00 bits per heavy atom. The van der Waals surface area contributed by atoms with Crippen LogP contribution in [-0.2, 0) is 16.0 Å². The van der Waals surface area contributed by atoms with E-state index in [0.717, 1.165) is 5.56 Å². The summed E-state index contributed by atoms with van der Waals surface area (Å²) in [6.07, 6.45) is -0.797. The number of hydrogen-bond acceptors (Lipinski definition) is 6. The van der Waals surface area contributed by atoms with Crippen molar-refractivity contribution in [1.82, 2.24) is 5.32 Å². The van der Waals surface area contributed by atoms with Gasteiger partial charge in [0.15, 0.2) is 6.10 Å². The number of para-hydroxylation sites is 1. The summed E-state index contributed by atoms with van der Waals surface area (Å²) in [5.41, 5.74) is 2.10. The summed E-state index contributed by atoms with van der Waals surface area (Å²) in [6, 6.07) is 21.6. The number of amides is 1. The van der Waals surface area contributed by atoms with Crippen LogP contribution in [0.15, 0.2) is 72.8 Å². The van der Waals surface area contributed by atoms with Crippen LogP contribution in [0.5, 0.6) is 11.5 Å². The number of methoxy groups -OCH3 is 1. The smallest absolute Gasteiger partial charge is 0.347 e. The molecule has 0 radical (unpaired) electrons. The van der Waals surface area contributed by atoms with E-state index < -0.39 is 12.1 Å². The fourth-order valence-corrected chi connectivity index (χ4v) is 3.63. The fraction of sp³-hybridized carbons (Fsp3) is 0.200. The number of rotatable bonds is 8. The van der Waals surface area contributed by atoms with Gasteiger partial charge in [-0.25, -0.2) is 4.79 Å². The molecule has 2 atom stereocenters. The maximum absolute atomic E-state index is 12.3. The molecular weight excluding hydrogens is 444 g/mol. The summed E-state index contributed by atoms with van der Waals surface area (Å²) in [6.45, 7) is 0.231. The second-order valence-corrected chi connectivity index (χ2v) is 7.90. The van der Waals surface area contributed by atoms with Crippen LogP contribution in [0.4, 0.5) is 5.69 Å². The number of fused-ring (bicyclic) bond motifs is 1. The number of anilines is 1. The molecule has 2 N–H and O–H groups in total. The number of nitrogens with one attached hydrogen (secondary N) is 2. The Morgan fingerprint density at radius 3 is 2.48 bits per heavy atom. The highest BCUT2D eigenvalue weighted by atomic mass is 35.5.